The lowest BCUT2D eigenvalue weighted by Crippen LogP contribution is -2.02. The molecule has 0 saturated heterocycles. The van der Waals surface area contributed by atoms with E-state index in [0.29, 0.717) is 6.54 Å². The van der Waals surface area contributed by atoms with Gasteiger partial charge in [0.05, 0.1) is 10.7 Å². The molecule has 76 valence electrons. The zero-order valence-corrected chi connectivity index (χ0v) is 9.78. The molecule has 0 spiro atoms. The van der Waals surface area contributed by atoms with Crippen molar-refractivity contribution >= 4 is 28.9 Å². The van der Waals surface area contributed by atoms with Crippen LogP contribution in [-0.4, -0.2) is 6.54 Å². The summed E-state index contributed by atoms with van der Waals surface area (Å²) in [6.07, 6.45) is 0. The summed E-state index contributed by atoms with van der Waals surface area (Å²) in [5, 5.41) is 3.95. The third-order valence-corrected chi connectivity index (χ3v) is 2.57. The van der Waals surface area contributed by atoms with Crippen LogP contribution in [0.2, 0.25) is 5.02 Å². The van der Waals surface area contributed by atoms with Crippen molar-refractivity contribution in [1.82, 2.24) is 0 Å². The van der Waals surface area contributed by atoms with E-state index in [1.807, 2.05) is 32.0 Å². The van der Waals surface area contributed by atoms with Gasteiger partial charge in [-0.2, -0.15) is 0 Å². The molecule has 0 amide bonds. The van der Waals surface area contributed by atoms with Crippen molar-refractivity contribution in [2.24, 2.45) is 0 Å². The van der Waals surface area contributed by atoms with Gasteiger partial charge in [0.15, 0.2) is 0 Å². The highest BCUT2D eigenvalue weighted by molar-refractivity contribution is 6.33. The average molecular weight is 230 g/mol. The van der Waals surface area contributed by atoms with Crippen LogP contribution < -0.4 is 5.32 Å². The average Bonchev–Trinajstić information content (AvgIpc) is 2.19. The Labute approximate surface area is 94.7 Å². The summed E-state index contributed by atoms with van der Waals surface area (Å²) in [7, 11) is 0. The number of halogens is 2. The number of hydrogen-bond donors (Lipinski definition) is 1. The number of aryl methyl sites for hydroxylation is 1. The summed E-state index contributed by atoms with van der Waals surface area (Å²) in [5.41, 5.74) is 4.77. The van der Waals surface area contributed by atoms with Crippen LogP contribution in [0.25, 0.3) is 0 Å². The van der Waals surface area contributed by atoms with E-state index in [0.717, 1.165) is 16.3 Å². The van der Waals surface area contributed by atoms with Gasteiger partial charge in [-0.05, 0) is 37.1 Å². The second-order valence-corrected chi connectivity index (χ2v) is 3.92. The molecule has 1 nitrogen and oxygen atoms in total. The summed E-state index contributed by atoms with van der Waals surface area (Å²) in [6.45, 7) is 4.71. The van der Waals surface area contributed by atoms with Gasteiger partial charge in [0, 0.05) is 12.1 Å². The van der Waals surface area contributed by atoms with Gasteiger partial charge in [0.1, 0.15) is 0 Å². The Morgan fingerprint density at radius 1 is 1.50 bits per heavy atom. The Kier molecular flexibility index (Phi) is 4.30. The second-order valence-electron chi connectivity index (χ2n) is 3.29. The van der Waals surface area contributed by atoms with E-state index < -0.39 is 0 Å². The fraction of sp³-hybridized carbons (Fsp3) is 0.273. The third kappa shape index (κ3) is 3.24. The fourth-order valence-electron chi connectivity index (χ4n) is 1.05. The van der Waals surface area contributed by atoms with Gasteiger partial charge in [-0.15, -0.1) is 0 Å². The molecule has 1 N–H and O–H groups in total. The molecule has 0 fully saturated rings. The quantitative estimate of drug-likeness (QED) is 0.820. The monoisotopic (exact) mass is 229 g/mol. The molecular formula is C11H13Cl2N. The first kappa shape index (κ1) is 11.4. The molecule has 0 aliphatic carbocycles. The van der Waals surface area contributed by atoms with E-state index in [1.165, 1.54) is 5.56 Å². The minimum atomic E-state index is 0.715. The molecule has 0 heterocycles. The lowest BCUT2D eigenvalue weighted by molar-refractivity contribution is 1.21. The van der Waals surface area contributed by atoms with E-state index in [2.05, 4.69) is 5.32 Å². The minimum Gasteiger partial charge on any atom is -0.380 e. The molecule has 0 saturated carbocycles. The maximum Gasteiger partial charge on any atom is 0.0637 e. The smallest absolute Gasteiger partial charge is 0.0637 e. The van der Waals surface area contributed by atoms with E-state index in [9.17, 15) is 0 Å². The Morgan fingerprint density at radius 2 is 2.21 bits per heavy atom. The summed E-state index contributed by atoms with van der Waals surface area (Å²) in [4.78, 5) is 0. The molecule has 3 heteroatoms. The molecule has 0 unspecified atom stereocenters. The maximum atomic E-state index is 6.01. The highest BCUT2D eigenvalue weighted by Gasteiger charge is 1.99. The van der Waals surface area contributed by atoms with Crippen LogP contribution in [0.1, 0.15) is 12.5 Å². The summed E-state index contributed by atoms with van der Waals surface area (Å²) >= 11 is 11.6. The molecule has 0 aliphatic rings. The maximum absolute atomic E-state index is 6.01. The standard InChI is InChI=1S/C11H13Cl2N/c1-8-3-4-10(13)11(5-8)14-7-9(2)6-12/h3-6,14H,7H2,1-2H3/b9-6-. The first-order valence-corrected chi connectivity index (χ1v) is 5.21. The largest absolute Gasteiger partial charge is 0.380 e. The Balaban J connectivity index is 2.71. The van der Waals surface area contributed by atoms with Gasteiger partial charge in [-0.25, -0.2) is 0 Å². The number of rotatable bonds is 3. The van der Waals surface area contributed by atoms with E-state index in [4.69, 9.17) is 23.2 Å². The van der Waals surface area contributed by atoms with Crippen LogP contribution in [0, 0.1) is 6.92 Å². The summed E-state index contributed by atoms with van der Waals surface area (Å²) < 4.78 is 0. The second kappa shape index (κ2) is 5.28. The lowest BCUT2D eigenvalue weighted by Gasteiger charge is -2.08. The normalized spacial score (nSPS) is 11.6. The number of anilines is 1. The van der Waals surface area contributed by atoms with Crippen LogP contribution >= 0.6 is 23.2 Å². The molecule has 0 atom stereocenters. The molecule has 1 rings (SSSR count). The predicted octanol–water partition coefficient (Wildman–Crippen LogP) is 4.20. The van der Waals surface area contributed by atoms with Gasteiger partial charge in [-0.1, -0.05) is 29.3 Å². The molecule has 1 aromatic rings. The summed E-state index contributed by atoms with van der Waals surface area (Å²) in [5.74, 6) is 0. The molecule has 0 aliphatic heterocycles. The van der Waals surface area contributed by atoms with Crippen LogP contribution in [0.3, 0.4) is 0 Å². The van der Waals surface area contributed by atoms with E-state index >= 15 is 0 Å². The van der Waals surface area contributed by atoms with Crippen LogP contribution in [0.4, 0.5) is 5.69 Å². The zero-order chi connectivity index (χ0) is 10.6. The third-order valence-electron chi connectivity index (χ3n) is 1.87. The molecule has 1 aromatic carbocycles. The van der Waals surface area contributed by atoms with Gasteiger partial charge in [0.25, 0.3) is 0 Å². The summed E-state index contributed by atoms with van der Waals surface area (Å²) in [6, 6.07) is 5.89. The molecule has 14 heavy (non-hydrogen) atoms. The Hall–Kier alpha value is -0.660. The van der Waals surface area contributed by atoms with Crippen molar-refractivity contribution in [3.05, 3.63) is 39.9 Å². The van der Waals surface area contributed by atoms with Crippen molar-refractivity contribution in [1.29, 1.82) is 0 Å². The topological polar surface area (TPSA) is 12.0 Å². The number of hydrogen-bond acceptors (Lipinski definition) is 1. The van der Waals surface area contributed by atoms with Crippen molar-refractivity contribution in [3.8, 4) is 0 Å². The number of benzene rings is 1. The number of nitrogens with one attached hydrogen (secondary N) is 1. The first-order valence-electron chi connectivity index (χ1n) is 4.39. The highest BCUT2D eigenvalue weighted by atomic mass is 35.5. The van der Waals surface area contributed by atoms with Gasteiger partial charge in [0.2, 0.25) is 0 Å². The van der Waals surface area contributed by atoms with Crippen molar-refractivity contribution in [2.75, 3.05) is 11.9 Å². The minimum absolute atomic E-state index is 0.715. The van der Waals surface area contributed by atoms with E-state index in [-0.39, 0.29) is 0 Å². The SMILES string of the molecule is C/C(=C/Cl)CNc1cc(C)ccc1Cl. The molecule has 0 bridgehead atoms. The highest BCUT2D eigenvalue weighted by Crippen LogP contribution is 2.22. The lowest BCUT2D eigenvalue weighted by atomic mass is 10.2. The molecule has 0 radical (unpaired) electrons. The van der Waals surface area contributed by atoms with Crippen LogP contribution in [-0.2, 0) is 0 Å². The van der Waals surface area contributed by atoms with Crippen molar-refractivity contribution < 1.29 is 0 Å². The Morgan fingerprint density at radius 3 is 2.86 bits per heavy atom. The predicted molar refractivity (Wildman–Crippen MR) is 64.3 cm³/mol. The molecular weight excluding hydrogens is 217 g/mol. The Bertz CT molecular complexity index is 345. The van der Waals surface area contributed by atoms with Gasteiger partial charge >= 0.3 is 0 Å². The van der Waals surface area contributed by atoms with Crippen molar-refractivity contribution in [3.63, 3.8) is 0 Å². The first-order chi connectivity index (χ1) is 6.63. The van der Waals surface area contributed by atoms with Crippen LogP contribution in [0.15, 0.2) is 29.3 Å². The zero-order valence-electron chi connectivity index (χ0n) is 8.27. The fourth-order valence-corrected chi connectivity index (χ4v) is 1.31. The molecule has 0 aromatic heterocycles. The van der Waals surface area contributed by atoms with Gasteiger partial charge in [-0.3, -0.25) is 0 Å². The van der Waals surface area contributed by atoms with Crippen LogP contribution in [0.5, 0.6) is 0 Å². The van der Waals surface area contributed by atoms with Crippen molar-refractivity contribution in [2.45, 2.75) is 13.8 Å². The van der Waals surface area contributed by atoms with Gasteiger partial charge < -0.3 is 5.32 Å². The van der Waals surface area contributed by atoms with E-state index in [1.54, 1.807) is 5.54 Å².